The number of hydrogen-bond donors (Lipinski definition) is 1. The van der Waals surface area contributed by atoms with Crippen LogP contribution < -0.4 is 5.32 Å². The van der Waals surface area contributed by atoms with Gasteiger partial charge in [0.25, 0.3) is 0 Å². The molecule has 1 unspecified atom stereocenters. The van der Waals surface area contributed by atoms with Crippen LogP contribution in [0, 0.1) is 0 Å². The lowest BCUT2D eigenvalue weighted by molar-refractivity contribution is -0.135. The maximum absolute atomic E-state index is 11.9. The molecule has 0 radical (unpaired) electrons. The van der Waals surface area contributed by atoms with Gasteiger partial charge in [-0.25, -0.2) is 0 Å². The van der Waals surface area contributed by atoms with Crippen molar-refractivity contribution in [3.8, 4) is 0 Å². The van der Waals surface area contributed by atoms with Gasteiger partial charge in [-0.1, -0.05) is 6.92 Å². The molecule has 1 atom stereocenters. The van der Waals surface area contributed by atoms with Crippen LogP contribution in [-0.2, 0) is 4.79 Å². The van der Waals surface area contributed by atoms with E-state index in [-0.39, 0.29) is 0 Å². The predicted molar refractivity (Wildman–Crippen MR) is 59.5 cm³/mol. The fraction of sp³-hybridized carbons (Fsp3) is 0.909. The summed E-state index contributed by atoms with van der Waals surface area (Å²) in [6.45, 7) is 7.05. The molecule has 15 heavy (non-hydrogen) atoms. The van der Waals surface area contributed by atoms with Gasteiger partial charge in [-0.05, 0) is 19.4 Å². The van der Waals surface area contributed by atoms with Crippen molar-refractivity contribution in [2.24, 2.45) is 0 Å². The van der Waals surface area contributed by atoms with Crippen molar-refractivity contribution in [3.63, 3.8) is 0 Å². The molecular formula is C11H21N3O. The first-order valence-corrected chi connectivity index (χ1v) is 6.07. The zero-order valence-electron chi connectivity index (χ0n) is 9.54. The Labute approximate surface area is 91.6 Å². The summed E-state index contributed by atoms with van der Waals surface area (Å²) in [7, 11) is 0. The summed E-state index contributed by atoms with van der Waals surface area (Å²) in [4.78, 5) is 16.4. The van der Waals surface area contributed by atoms with Crippen LogP contribution in [-0.4, -0.2) is 54.6 Å². The molecular weight excluding hydrogens is 190 g/mol. The molecule has 86 valence electrons. The van der Waals surface area contributed by atoms with Crippen molar-refractivity contribution >= 4 is 5.91 Å². The highest BCUT2D eigenvalue weighted by molar-refractivity contribution is 5.77. The SMILES string of the molecule is CCN1CCCC1N1CCNCCC1=O. The van der Waals surface area contributed by atoms with E-state index in [4.69, 9.17) is 0 Å². The number of carbonyl (C=O) groups excluding carboxylic acids is 1. The Kier molecular flexibility index (Phi) is 3.59. The number of hydrogen-bond acceptors (Lipinski definition) is 3. The Morgan fingerprint density at radius 1 is 1.40 bits per heavy atom. The van der Waals surface area contributed by atoms with Gasteiger partial charge >= 0.3 is 0 Å². The lowest BCUT2D eigenvalue weighted by Gasteiger charge is -2.33. The molecule has 2 saturated heterocycles. The van der Waals surface area contributed by atoms with Crippen molar-refractivity contribution < 1.29 is 4.79 Å². The van der Waals surface area contributed by atoms with Gasteiger partial charge in [0.1, 0.15) is 0 Å². The summed E-state index contributed by atoms with van der Waals surface area (Å²) in [5.41, 5.74) is 0. The molecule has 2 fully saturated rings. The van der Waals surface area contributed by atoms with Crippen LogP contribution in [0.4, 0.5) is 0 Å². The zero-order chi connectivity index (χ0) is 10.7. The number of nitrogens with zero attached hydrogens (tertiary/aromatic N) is 2. The molecule has 2 rings (SSSR count). The van der Waals surface area contributed by atoms with Crippen LogP contribution in [0.2, 0.25) is 0 Å². The fourth-order valence-electron chi connectivity index (χ4n) is 2.63. The molecule has 1 N–H and O–H groups in total. The average Bonchev–Trinajstić information content (AvgIpc) is 2.61. The smallest absolute Gasteiger partial charge is 0.225 e. The van der Waals surface area contributed by atoms with Gasteiger partial charge in [-0.2, -0.15) is 0 Å². The normalized spacial score (nSPS) is 29.5. The molecule has 0 aromatic heterocycles. The first-order valence-electron chi connectivity index (χ1n) is 6.07. The average molecular weight is 211 g/mol. The Hall–Kier alpha value is -0.610. The monoisotopic (exact) mass is 211 g/mol. The maximum Gasteiger partial charge on any atom is 0.225 e. The van der Waals surface area contributed by atoms with Crippen LogP contribution in [0.3, 0.4) is 0 Å². The third kappa shape index (κ3) is 2.32. The van der Waals surface area contributed by atoms with Gasteiger partial charge in [0.05, 0.1) is 6.17 Å². The summed E-state index contributed by atoms with van der Waals surface area (Å²) < 4.78 is 0. The van der Waals surface area contributed by atoms with E-state index >= 15 is 0 Å². The number of carbonyl (C=O) groups is 1. The molecule has 2 aliphatic heterocycles. The van der Waals surface area contributed by atoms with E-state index in [0.29, 0.717) is 18.5 Å². The maximum atomic E-state index is 11.9. The number of nitrogens with one attached hydrogen (secondary N) is 1. The zero-order valence-corrected chi connectivity index (χ0v) is 9.54. The lowest BCUT2D eigenvalue weighted by Crippen LogP contribution is -2.48. The van der Waals surface area contributed by atoms with E-state index in [9.17, 15) is 4.79 Å². The van der Waals surface area contributed by atoms with Crippen molar-refractivity contribution in [1.29, 1.82) is 0 Å². The summed E-state index contributed by atoms with van der Waals surface area (Å²) in [6, 6.07) is 0. The molecule has 0 aliphatic carbocycles. The Morgan fingerprint density at radius 2 is 2.27 bits per heavy atom. The van der Waals surface area contributed by atoms with Crippen LogP contribution in [0.15, 0.2) is 0 Å². The third-order valence-electron chi connectivity index (χ3n) is 3.46. The molecule has 0 bridgehead atoms. The van der Waals surface area contributed by atoms with Gasteiger partial charge in [0, 0.05) is 32.6 Å². The molecule has 2 aliphatic rings. The van der Waals surface area contributed by atoms with Crippen LogP contribution in [0.5, 0.6) is 0 Å². The van der Waals surface area contributed by atoms with Crippen LogP contribution in [0.25, 0.3) is 0 Å². The first kappa shape index (κ1) is 10.9. The van der Waals surface area contributed by atoms with Gasteiger partial charge < -0.3 is 10.2 Å². The molecule has 0 aromatic carbocycles. The van der Waals surface area contributed by atoms with Gasteiger partial charge in [0.15, 0.2) is 0 Å². The second-order valence-corrected chi connectivity index (χ2v) is 4.34. The summed E-state index contributed by atoms with van der Waals surface area (Å²) in [6.07, 6.45) is 3.42. The van der Waals surface area contributed by atoms with E-state index < -0.39 is 0 Å². The van der Waals surface area contributed by atoms with Crippen LogP contribution in [0.1, 0.15) is 26.2 Å². The summed E-state index contributed by atoms with van der Waals surface area (Å²) in [5.74, 6) is 0.324. The third-order valence-corrected chi connectivity index (χ3v) is 3.46. The second kappa shape index (κ2) is 4.94. The molecule has 0 spiro atoms. The molecule has 4 heteroatoms. The number of amides is 1. The molecule has 0 saturated carbocycles. The minimum atomic E-state index is 0.324. The fourth-order valence-corrected chi connectivity index (χ4v) is 2.63. The predicted octanol–water partition coefficient (Wildman–Crippen LogP) is 0.250. The standard InChI is InChI=1S/C11H21N3O/c1-2-13-8-3-4-10(13)14-9-7-12-6-5-11(14)15/h10,12H,2-9H2,1H3. The number of likely N-dealkylation sites (tertiary alicyclic amines) is 1. The van der Waals surface area contributed by atoms with Crippen molar-refractivity contribution in [2.45, 2.75) is 32.4 Å². The molecule has 0 aromatic rings. The second-order valence-electron chi connectivity index (χ2n) is 4.34. The Bertz CT molecular complexity index is 232. The number of rotatable bonds is 2. The highest BCUT2D eigenvalue weighted by Crippen LogP contribution is 2.21. The van der Waals surface area contributed by atoms with Crippen molar-refractivity contribution in [1.82, 2.24) is 15.1 Å². The van der Waals surface area contributed by atoms with E-state index in [1.54, 1.807) is 0 Å². The van der Waals surface area contributed by atoms with E-state index in [1.807, 2.05) is 0 Å². The summed E-state index contributed by atoms with van der Waals surface area (Å²) in [5, 5.41) is 3.28. The summed E-state index contributed by atoms with van der Waals surface area (Å²) >= 11 is 0. The van der Waals surface area contributed by atoms with Crippen molar-refractivity contribution in [3.05, 3.63) is 0 Å². The van der Waals surface area contributed by atoms with E-state index in [0.717, 1.165) is 39.1 Å². The van der Waals surface area contributed by atoms with Crippen molar-refractivity contribution in [2.75, 3.05) is 32.7 Å². The van der Waals surface area contributed by atoms with Crippen LogP contribution >= 0.6 is 0 Å². The largest absolute Gasteiger partial charge is 0.326 e. The molecule has 1 amide bonds. The highest BCUT2D eigenvalue weighted by atomic mass is 16.2. The molecule has 2 heterocycles. The Balaban J connectivity index is 2.03. The first-order chi connectivity index (χ1) is 7.33. The van der Waals surface area contributed by atoms with E-state index in [2.05, 4.69) is 22.0 Å². The minimum Gasteiger partial charge on any atom is -0.326 e. The minimum absolute atomic E-state index is 0.324. The lowest BCUT2D eigenvalue weighted by atomic mass is 10.2. The van der Waals surface area contributed by atoms with Gasteiger partial charge in [-0.15, -0.1) is 0 Å². The Morgan fingerprint density at radius 3 is 3.07 bits per heavy atom. The quantitative estimate of drug-likeness (QED) is 0.711. The van der Waals surface area contributed by atoms with E-state index in [1.165, 1.54) is 6.42 Å². The van der Waals surface area contributed by atoms with Gasteiger partial charge in [-0.3, -0.25) is 9.69 Å². The van der Waals surface area contributed by atoms with Gasteiger partial charge in [0.2, 0.25) is 5.91 Å². The topological polar surface area (TPSA) is 35.6 Å². The molecule has 4 nitrogen and oxygen atoms in total. The highest BCUT2D eigenvalue weighted by Gasteiger charge is 2.31.